The molecule has 0 aliphatic rings. The summed E-state index contributed by atoms with van der Waals surface area (Å²) in [5.74, 6) is 1.88. The highest BCUT2D eigenvalue weighted by atomic mass is 79.9. The van der Waals surface area contributed by atoms with Gasteiger partial charge in [-0.2, -0.15) is 9.78 Å². The lowest BCUT2D eigenvalue weighted by atomic mass is 10.2. The van der Waals surface area contributed by atoms with Crippen LogP contribution in [0.15, 0.2) is 83.9 Å². The number of methoxy groups -OCH3 is 1. The van der Waals surface area contributed by atoms with Crippen molar-refractivity contribution in [2.45, 2.75) is 20.0 Å². The van der Waals surface area contributed by atoms with Crippen LogP contribution in [0.2, 0.25) is 0 Å². The minimum Gasteiger partial charge on any atom is -0.493 e. The zero-order valence-electron chi connectivity index (χ0n) is 19.7. The summed E-state index contributed by atoms with van der Waals surface area (Å²) in [6.45, 7) is 3.89. The minimum absolute atomic E-state index is 0.0241. The highest BCUT2D eigenvalue weighted by Gasteiger charge is 2.17. The van der Waals surface area contributed by atoms with Crippen LogP contribution in [-0.2, 0) is 0 Å². The van der Waals surface area contributed by atoms with E-state index in [4.69, 9.17) is 18.9 Å². The second-order valence-corrected chi connectivity index (χ2v) is 10.1. The normalized spacial score (nSPS) is 11.7. The molecule has 182 valence electrons. The number of halogens is 2. The van der Waals surface area contributed by atoms with Crippen LogP contribution in [-0.4, -0.2) is 29.1 Å². The molecule has 0 aliphatic carbocycles. The maximum atomic E-state index is 13.5. The van der Waals surface area contributed by atoms with Crippen molar-refractivity contribution in [2.75, 3.05) is 7.11 Å². The van der Waals surface area contributed by atoms with E-state index in [0.29, 0.717) is 49.6 Å². The van der Waals surface area contributed by atoms with Gasteiger partial charge in [-0.1, -0.05) is 28.1 Å². The van der Waals surface area contributed by atoms with Crippen molar-refractivity contribution in [2.24, 2.45) is 5.10 Å². The number of hydrogen-bond donors (Lipinski definition) is 0. The van der Waals surface area contributed by atoms with Crippen molar-refractivity contribution in [1.82, 2.24) is 9.66 Å². The van der Waals surface area contributed by atoms with Crippen molar-refractivity contribution in [1.29, 1.82) is 0 Å². The molecule has 0 saturated carbocycles. The largest absolute Gasteiger partial charge is 0.493 e. The minimum atomic E-state index is -0.306. The van der Waals surface area contributed by atoms with E-state index in [0.717, 1.165) is 9.86 Å². The Morgan fingerprint density at radius 2 is 1.89 bits per heavy atom. The first kappa shape index (κ1) is 24.3. The fraction of sp³-hybridized carbons (Fsp3) is 0.148. The Morgan fingerprint density at radius 1 is 1.08 bits per heavy atom. The fourth-order valence-corrected chi connectivity index (χ4v) is 4.74. The summed E-state index contributed by atoms with van der Waals surface area (Å²) >= 11 is 7.03. The van der Waals surface area contributed by atoms with Crippen LogP contribution < -0.4 is 15.0 Å². The summed E-state index contributed by atoms with van der Waals surface area (Å²) in [7, 11) is 1.58. The maximum absolute atomic E-state index is 13.5. The highest BCUT2D eigenvalue weighted by Crippen LogP contribution is 2.37. The third-order valence-corrected chi connectivity index (χ3v) is 6.46. The summed E-state index contributed by atoms with van der Waals surface area (Å²) in [6, 6.07) is 18.4. The standard InChI is InChI=1S/C27H21Br2N3O4/c1-15(2)35-25-20(29)10-16(11-23(25)34-3)14-30-32-26(31-21-7-5-4-6-19(21)27(32)33)24-13-17-12-18(28)8-9-22(17)36-24/h4-15H,1-3H3. The summed E-state index contributed by atoms with van der Waals surface area (Å²) in [6.07, 6.45) is 1.55. The number of aromatic nitrogens is 2. The number of rotatable bonds is 6. The first-order valence-corrected chi connectivity index (χ1v) is 12.7. The quantitative estimate of drug-likeness (QED) is 0.193. The first-order chi connectivity index (χ1) is 17.3. The lowest BCUT2D eigenvalue weighted by molar-refractivity contribution is 0.228. The Hall–Kier alpha value is -3.43. The van der Waals surface area contributed by atoms with Crippen molar-refractivity contribution in [3.05, 3.63) is 85.5 Å². The lowest BCUT2D eigenvalue weighted by Crippen LogP contribution is -2.20. The predicted octanol–water partition coefficient (Wildman–Crippen LogP) is 7.01. The molecule has 0 aliphatic heterocycles. The average Bonchev–Trinajstić information content (AvgIpc) is 3.27. The molecule has 2 aromatic heterocycles. The van der Waals surface area contributed by atoms with Crippen molar-refractivity contribution < 1.29 is 13.9 Å². The Balaban J connectivity index is 1.66. The molecule has 0 amide bonds. The zero-order valence-corrected chi connectivity index (χ0v) is 22.8. The molecular formula is C27H21Br2N3O4. The van der Waals surface area contributed by atoms with Gasteiger partial charge in [0.1, 0.15) is 5.58 Å². The molecule has 9 heteroatoms. The van der Waals surface area contributed by atoms with Crippen molar-refractivity contribution >= 4 is 59.9 Å². The summed E-state index contributed by atoms with van der Waals surface area (Å²) < 4.78 is 20.3. The number of para-hydroxylation sites is 1. The predicted molar refractivity (Wildman–Crippen MR) is 148 cm³/mol. The molecule has 36 heavy (non-hydrogen) atoms. The van der Waals surface area contributed by atoms with Gasteiger partial charge < -0.3 is 13.9 Å². The molecule has 0 N–H and O–H groups in total. The van der Waals surface area contributed by atoms with E-state index in [1.54, 1.807) is 37.6 Å². The number of hydrogen-bond acceptors (Lipinski definition) is 6. The Bertz CT molecular complexity index is 1690. The number of nitrogens with zero attached hydrogens (tertiary/aromatic N) is 3. The smallest absolute Gasteiger partial charge is 0.282 e. The monoisotopic (exact) mass is 609 g/mol. The van der Waals surface area contributed by atoms with Gasteiger partial charge >= 0.3 is 0 Å². The topological polar surface area (TPSA) is 78.9 Å². The molecule has 0 spiro atoms. The molecule has 2 heterocycles. The van der Waals surface area contributed by atoms with Crippen LogP contribution in [0.25, 0.3) is 33.5 Å². The average molecular weight is 611 g/mol. The molecular weight excluding hydrogens is 590 g/mol. The molecule has 0 fully saturated rings. The summed E-state index contributed by atoms with van der Waals surface area (Å²) in [4.78, 5) is 18.2. The van der Waals surface area contributed by atoms with Gasteiger partial charge in [0.2, 0.25) is 5.82 Å². The van der Waals surface area contributed by atoms with E-state index in [1.807, 2.05) is 50.2 Å². The van der Waals surface area contributed by atoms with E-state index >= 15 is 0 Å². The van der Waals surface area contributed by atoms with E-state index in [-0.39, 0.29) is 11.7 Å². The summed E-state index contributed by atoms with van der Waals surface area (Å²) in [5, 5.41) is 5.86. The molecule has 5 rings (SSSR count). The SMILES string of the molecule is COc1cc(C=Nn2c(-c3cc4cc(Br)ccc4o3)nc3ccccc3c2=O)cc(Br)c1OC(C)C. The molecule has 5 aromatic rings. The third-order valence-electron chi connectivity index (χ3n) is 5.38. The Labute approximate surface area is 223 Å². The molecule has 3 aromatic carbocycles. The van der Waals surface area contributed by atoms with E-state index < -0.39 is 0 Å². The second-order valence-electron chi connectivity index (χ2n) is 8.31. The van der Waals surface area contributed by atoms with Crippen LogP contribution in [0.3, 0.4) is 0 Å². The molecule has 7 nitrogen and oxygen atoms in total. The molecule has 0 unspecified atom stereocenters. The van der Waals surface area contributed by atoms with Gasteiger partial charge in [0.15, 0.2) is 17.3 Å². The van der Waals surface area contributed by atoms with Crippen LogP contribution in [0, 0.1) is 0 Å². The van der Waals surface area contributed by atoms with Gasteiger partial charge in [0.25, 0.3) is 5.56 Å². The van der Waals surface area contributed by atoms with Gasteiger partial charge in [-0.25, -0.2) is 4.98 Å². The fourth-order valence-electron chi connectivity index (χ4n) is 3.80. The van der Waals surface area contributed by atoms with Gasteiger partial charge in [0, 0.05) is 9.86 Å². The second kappa shape index (κ2) is 9.91. The van der Waals surface area contributed by atoms with E-state index in [2.05, 4.69) is 37.0 Å². The van der Waals surface area contributed by atoms with E-state index in [1.165, 1.54) is 4.68 Å². The molecule has 0 bridgehead atoms. The number of benzene rings is 3. The number of furan rings is 1. The van der Waals surface area contributed by atoms with Crippen LogP contribution in [0.1, 0.15) is 19.4 Å². The Kier molecular flexibility index (Phi) is 6.68. The van der Waals surface area contributed by atoms with Gasteiger partial charge in [-0.15, -0.1) is 0 Å². The van der Waals surface area contributed by atoms with Crippen LogP contribution in [0.4, 0.5) is 0 Å². The Morgan fingerprint density at radius 3 is 2.67 bits per heavy atom. The third kappa shape index (κ3) is 4.68. The lowest BCUT2D eigenvalue weighted by Gasteiger charge is -2.15. The molecule has 0 atom stereocenters. The summed E-state index contributed by atoms with van der Waals surface area (Å²) in [5.41, 5.74) is 1.64. The molecule has 0 radical (unpaired) electrons. The number of ether oxygens (including phenoxy) is 2. The first-order valence-electron chi connectivity index (χ1n) is 11.1. The molecule has 0 saturated heterocycles. The zero-order chi connectivity index (χ0) is 25.4. The van der Waals surface area contributed by atoms with Gasteiger partial charge in [0.05, 0.1) is 34.8 Å². The van der Waals surface area contributed by atoms with Crippen molar-refractivity contribution in [3.8, 4) is 23.1 Å². The maximum Gasteiger partial charge on any atom is 0.282 e. The van der Waals surface area contributed by atoms with Crippen LogP contribution in [0.5, 0.6) is 11.5 Å². The number of fused-ring (bicyclic) bond motifs is 2. The van der Waals surface area contributed by atoms with Gasteiger partial charge in [-0.3, -0.25) is 4.79 Å². The van der Waals surface area contributed by atoms with E-state index in [9.17, 15) is 4.79 Å². The van der Waals surface area contributed by atoms with Crippen molar-refractivity contribution in [3.63, 3.8) is 0 Å². The van der Waals surface area contributed by atoms with Gasteiger partial charge in [-0.05, 0) is 83.9 Å². The highest BCUT2D eigenvalue weighted by molar-refractivity contribution is 9.10. The van der Waals surface area contributed by atoms with Crippen LogP contribution >= 0.6 is 31.9 Å².